The fourth-order valence-electron chi connectivity index (χ4n) is 1.07. The summed E-state index contributed by atoms with van der Waals surface area (Å²) in [6, 6.07) is 0. The van der Waals surface area contributed by atoms with E-state index >= 15 is 0 Å². The number of phosphoric acid groups is 1. The summed E-state index contributed by atoms with van der Waals surface area (Å²) in [4.78, 5) is 27.7. The number of carbonyl (C=O) groups excluding carboxylic acids is 1. The molecular weight excluding hydrogens is 275 g/mol. The van der Waals surface area contributed by atoms with Crippen molar-refractivity contribution in [3.8, 4) is 0 Å². The number of hydrogen-bond donors (Lipinski definition) is 7. The summed E-state index contributed by atoms with van der Waals surface area (Å²) >= 11 is 0. The molecule has 0 heterocycles. The fraction of sp³-hybridized carbons (Fsp3) is 0.857. The Kier molecular flexibility index (Phi) is 7.07. The lowest BCUT2D eigenvalue weighted by Gasteiger charge is -2.27. The molecule has 0 radical (unpaired) electrons. The normalized spacial score (nSPS) is 19.1. The Balaban J connectivity index is 4.73. The third kappa shape index (κ3) is 5.48. The molecule has 10 nitrogen and oxygen atoms in total. The molecule has 0 rings (SSSR count). The first kappa shape index (κ1) is 17.6. The molecule has 0 aliphatic carbocycles. The first-order chi connectivity index (χ1) is 8.14. The largest absolute Gasteiger partial charge is 0.470 e. The lowest BCUT2D eigenvalue weighted by Crippen LogP contribution is -2.49. The Labute approximate surface area is 101 Å². The Hall–Kier alpha value is -0.420. The molecule has 7 N–H and O–H groups in total. The molecule has 18 heavy (non-hydrogen) atoms. The second-order valence-electron chi connectivity index (χ2n) is 3.37. The lowest BCUT2D eigenvalue weighted by atomic mass is 10.0. The van der Waals surface area contributed by atoms with Crippen LogP contribution >= 0.6 is 7.82 Å². The predicted molar refractivity (Wildman–Crippen MR) is 54.1 cm³/mol. The number of hydrogen-bond acceptors (Lipinski definition) is 8. The summed E-state index contributed by atoms with van der Waals surface area (Å²) < 4.78 is 14.4. The number of carbonyl (C=O) groups is 1. The van der Waals surface area contributed by atoms with Gasteiger partial charge in [-0.05, 0) is 0 Å². The van der Waals surface area contributed by atoms with Crippen molar-refractivity contribution in [1.29, 1.82) is 0 Å². The molecule has 0 bridgehead atoms. The first-order valence-corrected chi connectivity index (χ1v) is 6.19. The zero-order valence-corrected chi connectivity index (χ0v) is 9.92. The van der Waals surface area contributed by atoms with Crippen molar-refractivity contribution in [3.63, 3.8) is 0 Å². The molecule has 0 spiro atoms. The fourth-order valence-corrected chi connectivity index (χ4v) is 1.61. The van der Waals surface area contributed by atoms with Crippen molar-refractivity contribution in [2.45, 2.75) is 24.4 Å². The Morgan fingerprint density at radius 1 is 1.11 bits per heavy atom. The van der Waals surface area contributed by atoms with Crippen LogP contribution in [0.4, 0.5) is 0 Å². The number of aliphatic hydroxyl groups excluding tert-OH is 5. The van der Waals surface area contributed by atoms with Crippen LogP contribution in [0.3, 0.4) is 0 Å². The van der Waals surface area contributed by atoms with E-state index in [1.807, 2.05) is 0 Å². The van der Waals surface area contributed by atoms with Crippen LogP contribution in [0.2, 0.25) is 0 Å². The zero-order chi connectivity index (χ0) is 14.5. The highest BCUT2D eigenvalue weighted by Gasteiger charge is 2.37. The van der Waals surface area contributed by atoms with Gasteiger partial charge in [0.25, 0.3) is 0 Å². The maximum atomic E-state index is 10.8. The average Bonchev–Trinajstić information content (AvgIpc) is 2.30. The minimum Gasteiger partial charge on any atom is -0.394 e. The molecule has 0 aromatic rings. The van der Waals surface area contributed by atoms with Crippen molar-refractivity contribution in [1.82, 2.24) is 0 Å². The van der Waals surface area contributed by atoms with Gasteiger partial charge in [-0.15, -0.1) is 0 Å². The number of phosphoric ester groups is 1. The van der Waals surface area contributed by atoms with Crippen LogP contribution in [0.15, 0.2) is 0 Å². The van der Waals surface area contributed by atoms with Crippen molar-refractivity contribution in [3.05, 3.63) is 0 Å². The third-order valence-electron chi connectivity index (χ3n) is 1.99. The highest BCUT2D eigenvalue weighted by atomic mass is 31.2. The van der Waals surface area contributed by atoms with Gasteiger partial charge in [-0.3, -0.25) is 9.32 Å². The Morgan fingerprint density at radius 2 is 1.61 bits per heavy atom. The highest BCUT2D eigenvalue weighted by molar-refractivity contribution is 7.46. The number of rotatable bonds is 8. The summed E-state index contributed by atoms with van der Waals surface area (Å²) in [6.45, 7) is -2.18. The van der Waals surface area contributed by atoms with Crippen molar-refractivity contribution in [2.24, 2.45) is 0 Å². The molecule has 0 aromatic heterocycles. The molecule has 0 saturated carbocycles. The van der Waals surface area contributed by atoms with Crippen LogP contribution in [-0.2, 0) is 13.9 Å². The summed E-state index contributed by atoms with van der Waals surface area (Å²) in [5.74, 6) is -1.21. The predicted octanol–water partition coefficient (Wildman–Crippen LogP) is -3.90. The van der Waals surface area contributed by atoms with E-state index in [1.54, 1.807) is 0 Å². The summed E-state index contributed by atoms with van der Waals surface area (Å²) in [6.07, 6.45) is -8.43. The van der Waals surface area contributed by atoms with Gasteiger partial charge < -0.3 is 35.3 Å². The van der Waals surface area contributed by atoms with Crippen LogP contribution in [0.1, 0.15) is 0 Å². The Bertz CT molecular complexity index is 313. The molecule has 0 saturated heterocycles. The lowest BCUT2D eigenvalue weighted by molar-refractivity contribution is -0.148. The number of Topliss-reactive ketones (excluding diaryl/α,β-unsaturated/α-hetero) is 1. The van der Waals surface area contributed by atoms with Gasteiger partial charge in [0.1, 0.15) is 31.0 Å². The van der Waals surface area contributed by atoms with Crippen molar-refractivity contribution in [2.75, 3.05) is 13.2 Å². The molecule has 108 valence electrons. The second kappa shape index (κ2) is 7.24. The molecule has 0 aromatic carbocycles. The number of aliphatic hydroxyl groups is 5. The van der Waals surface area contributed by atoms with Crippen molar-refractivity contribution < 1.29 is 49.2 Å². The smallest absolute Gasteiger partial charge is 0.394 e. The highest BCUT2D eigenvalue weighted by Crippen LogP contribution is 2.38. The van der Waals surface area contributed by atoms with Crippen LogP contribution in [0.5, 0.6) is 0 Å². The van der Waals surface area contributed by atoms with Crippen LogP contribution in [0.25, 0.3) is 0 Å². The molecule has 4 atom stereocenters. The average molecular weight is 290 g/mol. The van der Waals surface area contributed by atoms with Gasteiger partial charge in [-0.25, -0.2) is 4.57 Å². The minimum absolute atomic E-state index is 1.08. The van der Waals surface area contributed by atoms with Gasteiger partial charge in [0.15, 0.2) is 5.78 Å². The van der Waals surface area contributed by atoms with E-state index in [0.29, 0.717) is 0 Å². The maximum absolute atomic E-state index is 10.8. The van der Waals surface area contributed by atoms with Crippen LogP contribution in [0, 0.1) is 0 Å². The molecule has 0 aliphatic rings. The summed E-state index contributed by atoms with van der Waals surface area (Å²) in [5.41, 5.74) is 0. The topological polar surface area (TPSA) is 185 Å². The standard InChI is InChI=1S/C7H15O10P/c8-1-3(10)5(11)7(13)6(12)4(2-9)17-18(14,15)16/h4-9,11-13H,1-2H2,(H2,14,15,16)/t4-,5-,6-,7-/m1/s1. The SMILES string of the molecule is O=C(CO)[C@@H](O)[C@@H](O)[C@H](O)[C@@H](CO)OP(=O)(O)O. The van der Waals surface area contributed by atoms with E-state index in [-0.39, 0.29) is 0 Å². The van der Waals surface area contributed by atoms with Gasteiger partial charge in [-0.2, -0.15) is 0 Å². The van der Waals surface area contributed by atoms with Gasteiger partial charge in [0, 0.05) is 0 Å². The van der Waals surface area contributed by atoms with Gasteiger partial charge in [0.05, 0.1) is 6.61 Å². The van der Waals surface area contributed by atoms with E-state index in [4.69, 9.17) is 25.1 Å². The Morgan fingerprint density at radius 3 is 1.94 bits per heavy atom. The van der Waals surface area contributed by atoms with Crippen molar-refractivity contribution >= 4 is 13.6 Å². The van der Waals surface area contributed by atoms with E-state index in [9.17, 15) is 19.6 Å². The van der Waals surface area contributed by atoms with Gasteiger partial charge in [-0.1, -0.05) is 0 Å². The van der Waals surface area contributed by atoms with Gasteiger partial charge in [0.2, 0.25) is 0 Å². The maximum Gasteiger partial charge on any atom is 0.470 e. The molecule has 0 amide bonds. The monoisotopic (exact) mass is 290 g/mol. The minimum atomic E-state index is -5.04. The van der Waals surface area contributed by atoms with E-state index in [1.165, 1.54) is 0 Å². The zero-order valence-electron chi connectivity index (χ0n) is 9.03. The van der Waals surface area contributed by atoms with Gasteiger partial charge >= 0.3 is 7.82 Å². The summed E-state index contributed by atoms with van der Waals surface area (Å²) in [5, 5.41) is 45.0. The second-order valence-corrected chi connectivity index (χ2v) is 4.56. The molecule has 0 unspecified atom stereocenters. The van der Waals surface area contributed by atoms with E-state index < -0.39 is 51.2 Å². The van der Waals surface area contributed by atoms with Crippen LogP contribution < -0.4 is 0 Å². The van der Waals surface area contributed by atoms with E-state index in [0.717, 1.165) is 0 Å². The van der Waals surface area contributed by atoms with Crippen LogP contribution in [-0.4, -0.2) is 78.7 Å². The summed E-state index contributed by atoms with van der Waals surface area (Å²) in [7, 11) is -5.04. The third-order valence-corrected chi connectivity index (χ3v) is 2.54. The first-order valence-electron chi connectivity index (χ1n) is 4.66. The molecule has 0 aliphatic heterocycles. The quantitative estimate of drug-likeness (QED) is 0.218. The molecular formula is C7H15O10P. The molecule has 11 heteroatoms. The molecule has 0 fully saturated rings. The number of ketones is 1. The van der Waals surface area contributed by atoms with E-state index in [2.05, 4.69) is 4.52 Å².